The number of carbonyl (C=O) groups excluding carboxylic acids is 2. The summed E-state index contributed by atoms with van der Waals surface area (Å²) in [6.07, 6.45) is 1.33. The van der Waals surface area contributed by atoms with Crippen molar-refractivity contribution in [2.24, 2.45) is 5.16 Å². The molecule has 6 nitrogen and oxygen atoms in total. The Morgan fingerprint density at radius 3 is 2.41 bits per heavy atom. The van der Waals surface area contributed by atoms with E-state index in [0.717, 1.165) is 5.69 Å². The highest BCUT2D eigenvalue weighted by molar-refractivity contribution is 6.01. The number of nitrogens with one attached hydrogen (secondary N) is 1. The lowest BCUT2D eigenvalue weighted by Gasteiger charge is -2.00. The van der Waals surface area contributed by atoms with E-state index in [1.807, 2.05) is 0 Å². The number of aryl methyl sites for hydroxylation is 2. The van der Waals surface area contributed by atoms with Crippen LogP contribution in [-0.4, -0.2) is 30.2 Å². The number of esters is 1. The molecule has 0 unspecified atom stereocenters. The number of benzene rings is 1. The summed E-state index contributed by atoms with van der Waals surface area (Å²) in [5, 5.41) is 3.67. The number of methoxy groups -OCH3 is 1. The van der Waals surface area contributed by atoms with Crippen LogP contribution in [0.1, 0.15) is 37.7 Å². The molecule has 0 amide bonds. The largest absolute Gasteiger partial charge is 0.465 e. The van der Waals surface area contributed by atoms with Crippen LogP contribution >= 0.6 is 0 Å². The third-order valence-corrected chi connectivity index (χ3v) is 3.14. The first-order valence-corrected chi connectivity index (χ1v) is 6.61. The lowest BCUT2D eigenvalue weighted by atomic mass is 10.1. The Bertz CT molecular complexity index is 717. The molecule has 0 fully saturated rings. The van der Waals surface area contributed by atoms with E-state index in [1.165, 1.54) is 13.3 Å². The van der Waals surface area contributed by atoms with Crippen LogP contribution < -0.4 is 0 Å². The lowest BCUT2D eigenvalue weighted by Crippen LogP contribution is -2.06. The van der Waals surface area contributed by atoms with E-state index in [0.29, 0.717) is 22.4 Å². The quantitative estimate of drug-likeness (QED) is 0.407. The van der Waals surface area contributed by atoms with Crippen LogP contribution in [-0.2, 0) is 9.57 Å². The van der Waals surface area contributed by atoms with Crippen LogP contribution in [0.5, 0.6) is 0 Å². The van der Waals surface area contributed by atoms with Crippen molar-refractivity contribution in [3.8, 4) is 0 Å². The van der Waals surface area contributed by atoms with Crippen molar-refractivity contribution in [3.05, 3.63) is 58.4 Å². The van der Waals surface area contributed by atoms with Crippen LogP contribution in [0, 0.1) is 13.8 Å². The summed E-state index contributed by atoms with van der Waals surface area (Å²) in [6, 6.07) is 8.52. The normalized spacial score (nSPS) is 10.7. The summed E-state index contributed by atoms with van der Waals surface area (Å²) in [4.78, 5) is 31.4. The minimum atomic E-state index is -0.568. The number of hydrogen-bond donors (Lipinski definition) is 1. The Balaban J connectivity index is 2.17. The maximum Gasteiger partial charge on any atom is 0.365 e. The molecule has 0 bridgehead atoms. The number of hydrogen-bond acceptors (Lipinski definition) is 5. The molecule has 0 aliphatic rings. The second-order valence-electron chi connectivity index (χ2n) is 4.63. The highest BCUT2D eigenvalue weighted by Crippen LogP contribution is 2.17. The zero-order valence-electron chi connectivity index (χ0n) is 12.5. The Morgan fingerprint density at radius 2 is 1.77 bits per heavy atom. The first-order chi connectivity index (χ1) is 10.5. The van der Waals surface area contributed by atoms with Crippen LogP contribution in [0.15, 0.2) is 35.5 Å². The number of H-pyrrole nitrogens is 1. The van der Waals surface area contributed by atoms with Crippen molar-refractivity contribution in [1.29, 1.82) is 0 Å². The Kier molecular flexibility index (Phi) is 4.73. The second kappa shape index (κ2) is 6.71. The minimum absolute atomic E-state index is 0.375. The van der Waals surface area contributed by atoms with Gasteiger partial charge in [-0.3, -0.25) is 0 Å². The number of oxime groups is 1. The molecular formula is C16H16N2O4. The van der Waals surface area contributed by atoms with Gasteiger partial charge in [0.05, 0.1) is 24.5 Å². The van der Waals surface area contributed by atoms with E-state index in [1.54, 1.807) is 44.2 Å². The van der Waals surface area contributed by atoms with Gasteiger partial charge in [-0.2, -0.15) is 0 Å². The molecule has 0 radical (unpaired) electrons. The molecule has 0 saturated heterocycles. The number of ether oxygens (including phenoxy) is 1. The van der Waals surface area contributed by atoms with Gasteiger partial charge < -0.3 is 14.6 Å². The van der Waals surface area contributed by atoms with Gasteiger partial charge in [0.1, 0.15) is 0 Å². The number of aromatic nitrogens is 1. The Hall–Kier alpha value is -2.89. The molecule has 0 aliphatic heterocycles. The molecular weight excluding hydrogens is 284 g/mol. The predicted octanol–water partition coefficient (Wildman–Crippen LogP) is 2.61. The second-order valence-corrected chi connectivity index (χ2v) is 4.63. The summed E-state index contributed by atoms with van der Waals surface area (Å²) in [5.74, 6) is -1.04. The molecule has 0 spiro atoms. The topological polar surface area (TPSA) is 80.8 Å². The highest BCUT2D eigenvalue weighted by Gasteiger charge is 2.18. The van der Waals surface area contributed by atoms with Crippen molar-refractivity contribution < 1.29 is 19.2 Å². The molecule has 1 aromatic carbocycles. The van der Waals surface area contributed by atoms with Gasteiger partial charge in [0.25, 0.3) is 0 Å². The summed E-state index contributed by atoms with van der Waals surface area (Å²) in [7, 11) is 1.31. The monoisotopic (exact) mass is 300 g/mol. The van der Waals surface area contributed by atoms with Gasteiger partial charge in [-0.25, -0.2) is 9.59 Å². The van der Waals surface area contributed by atoms with Crippen molar-refractivity contribution >= 4 is 18.2 Å². The number of rotatable bonds is 4. The molecule has 1 aromatic heterocycles. The van der Waals surface area contributed by atoms with Gasteiger partial charge in [0.15, 0.2) is 0 Å². The van der Waals surface area contributed by atoms with Crippen molar-refractivity contribution in [2.75, 3.05) is 7.11 Å². The predicted molar refractivity (Wildman–Crippen MR) is 81.1 cm³/mol. The molecule has 0 saturated carbocycles. The fourth-order valence-corrected chi connectivity index (χ4v) is 2.08. The average molecular weight is 300 g/mol. The fourth-order valence-electron chi connectivity index (χ4n) is 2.08. The first-order valence-electron chi connectivity index (χ1n) is 6.61. The van der Waals surface area contributed by atoms with Crippen LogP contribution in [0.2, 0.25) is 0 Å². The zero-order valence-corrected chi connectivity index (χ0v) is 12.5. The SMILES string of the molecule is COC(=O)c1c(C)[nH]c(C)c1/C=N\OC(=O)c1ccccc1. The highest BCUT2D eigenvalue weighted by atomic mass is 16.7. The average Bonchev–Trinajstić information content (AvgIpc) is 2.81. The van der Waals surface area contributed by atoms with E-state index in [9.17, 15) is 9.59 Å². The standard InChI is InChI=1S/C16H16N2O4/c1-10-13(14(11(2)18-10)16(20)21-3)9-17-22-15(19)12-7-5-4-6-8-12/h4-9,18H,1-3H3/b17-9-. The van der Waals surface area contributed by atoms with Gasteiger partial charge in [-0.15, -0.1) is 0 Å². The maximum absolute atomic E-state index is 11.8. The molecule has 0 atom stereocenters. The Morgan fingerprint density at radius 1 is 1.09 bits per heavy atom. The van der Waals surface area contributed by atoms with Gasteiger partial charge in [0.2, 0.25) is 0 Å². The van der Waals surface area contributed by atoms with Crippen molar-refractivity contribution in [2.45, 2.75) is 13.8 Å². The van der Waals surface area contributed by atoms with E-state index in [2.05, 4.69) is 10.1 Å². The van der Waals surface area contributed by atoms with Crippen molar-refractivity contribution in [1.82, 2.24) is 4.98 Å². The molecule has 6 heteroatoms. The van der Waals surface area contributed by atoms with Gasteiger partial charge >= 0.3 is 11.9 Å². The smallest absolute Gasteiger partial charge is 0.365 e. The Labute approximate surface area is 127 Å². The molecule has 2 aromatic rings. The van der Waals surface area contributed by atoms with Gasteiger partial charge in [-0.05, 0) is 26.0 Å². The molecule has 0 aliphatic carbocycles. The van der Waals surface area contributed by atoms with Crippen LogP contribution in [0.3, 0.4) is 0 Å². The molecule has 1 N–H and O–H groups in total. The number of aromatic amines is 1. The summed E-state index contributed by atoms with van der Waals surface area (Å²) in [5.41, 5.74) is 2.71. The molecule has 1 heterocycles. The zero-order chi connectivity index (χ0) is 16.1. The van der Waals surface area contributed by atoms with E-state index in [-0.39, 0.29) is 0 Å². The van der Waals surface area contributed by atoms with E-state index in [4.69, 9.17) is 9.57 Å². The van der Waals surface area contributed by atoms with Crippen molar-refractivity contribution in [3.63, 3.8) is 0 Å². The van der Waals surface area contributed by atoms with E-state index >= 15 is 0 Å². The third kappa shape index (κ3) is 3.22. The minimum Gasteiger partial charge on any atom is -0.465 e. The third-order valence-electron chi connectivity index (χ3n) is 3.14. The first kappa shape index (κ1) is 15.5. The number of nitrogens with zero attached hydrogens (tertiary/aromatic N) is 1. The molecule has 2 rings (SSSR count). The molecule has 22 heavy (non-hydrogen) atoms. The summed E-state index contributed by atoms with van der Waals surface area (Å²) >= 11 is 0. The maximum atomic E-state index is 11.8. The molecule has 114 valence electrons. The van der Waals surface area contributed by atoms with E-state index < -0.39 is 11.9 Å². The van der Waals surface area contributed by atoms with Gasteiger partial charge in [-0.1, -0.05) is 23.4 Å². The van der Waals surface area contributed by atoms with Crippen LogP contribution in [0.25, 0.3) is 0 Å². The lowest BCUT2D eigenvalue weighted by molar-refractivity contribution is 0.0519. The summed E-state index contributed by atoms with van der Waals surface area (Å²) < 4.78 is 4.74. The fraction of sp³-hybridized carbons (Fsp3) is 0.188. The number of carbonyl (C=O) groups is 2. The van der Waals surface area contributed by atoms with Gasteiger partial charge in [0, 0.05) is 17.0 Å². The summed E-state index contributed by atoms with van der Waals surface area (Å²) in [6.45, 7) is 3.55. The van der Waals surface area contributed by atoms with Crippen LogP contribution in [0.4, 0.5) is 0 Å².